The van der Waals surface area contributed by atoms with E-state index in [2.05, 4.69) is 35.7 Å². The van der Waals surface area contributed by atoms with Gasteiger partial charge < -0.3 is 19.7 Å². The zero-order valence-corrected chi connectivity index (χ0v) is 18.9. The van der Waals surface area contributed by atoms with E-state index in [1.54, 1.807) is 25.5 Å². The fourth-order valence-electron chi connectivity index (χ4n) is 3.51. The molecule has 0 bridgehead atoms. The van der Waals surface area contributed by atoms with Crippen LogP contribution in [0, 0.1) is 11.3 Å². The molecule has 10 heteroatoms. The standard InChI is InChI=1S/C24H26N8O2/c1-33-21-16-18(10-11-20(21)34-15-12-25)17-26-31-23-28-22(27-19-8-4-2-5-9-19)29-24(30-23)32-13-6-3-7-14-32/h2,4-5,8-11,16-17H,3,6-7,13-15H2,1H3,(H2,27,28,29,30,31)/b26-17+. The number of anilines is 4. The minimum atomic E-state index is -0.0521. The fourth-order valence-corrected chi connectivity index (χ4v) is 3.51. The van der Waals surface area contributed by atoms with Crippen LogP contribution in [0.15, 0.2) is 53.6 Å². The molecule has 3 aromatic rings. The normalized spacial score (nSPS) is 13.4. The van der Waals surface area contributed by atoms with E-state index in [-0.39, 0.29) is 6.61 Å². The first-order chi connectivity index (χ1) is 16.7. The summed E-state index contributed by atoms with van der Waals surface area (Å²) in [6.07, 6.45) is 5.08. The minimum absolute atomic E-state index is 0.0521. The molecule has 4 rings (SSSR count). The number of methoxy groups -OCH3 is 1. The molecule has 2 heterocycles. The predicted octanol–water partition coefficient (Wildman–Crippen LogP) is 3.96. The molecule has 1 aliphatic rings. The van der Waals surface area contributed by atoms with Gasteiger partial charge in [0.25, 0.3) is 0 Å². The maximum absolute atomic E-state index is 8.71. The van der Waals surface area contributed by atoms with E-state index in [1.165, 1.54) is 6.42 Å². The van der Waals surface area contributed by atoms with Gasteiger partial charge in [-0.1, -0.05) is 18.2 Å². The van der Waals surface area contributed by atoms with Crippen molar-refractivity contribution in [1.82, 2.24) is 15.0 Å². The number of nitrogens with one attached hydrogen (secondary N) is 2. The third-order valence-electron chi connectivity index (χ3n) is 5.15. The van der Waals surface area contributed by atoms with Gasteiger partial charge in [-0.25, -0.2) is 5.43 Å². The molecule has 0 unspecified atom stereocenters. The topological polar surface area (TPSA) is 121 Å². The van der Waals surface area contributed by atoms with Crippen molar-refractivity contribution in [3.05, 3.63) is 54.1 Å². The number of nitrogens with zero attached hydrogens (tertiary/aromatic N) is 6. The third-order valence-corrected chi connectivity index (χ3v) is 5.15. The van der Waals surface area contributed by atoms with Crippen LogP contribution >= 0.6 is 0 Å². The van der Waals surface area contributed by atoms with Gasteiger partial charge in [0.1, 0.15) is 6.07 Å². The lowest BCUT2D eigenvalue weighted by molar-refractivity contribution is 0.329. The van der Waals surface area contributed by atoms with Gasteiger partial charge in [-0.15, -0.1) is 0 Å². The lowest BCUT2D eigenvalue weighted by Crippen LogP contribution is -2.31. The molecule has 0 aliphatic carbocycles. The molecule has 0 atom stereocenters. The molecule has 1 aliphatic heterocycles. The molecule has 1 saturated heterocycles. The summed E-state index contributed by atoms with van der Waals surface area (Å²) < 4.78 is 10.7. The molecule has 174 valence electrons. The average Bonchev–Trinajstić information content (AvgIpc) is 2.89. The number of para-hydroxylation sites is 1. The molecule has 0 radical (unpaired) electrons. The van der Waals surface area contributed by atoms with Crippen molar-refractivity contribution >= 4 is 29.7 Å². The summed E-state index contributed by atoms with van der Waals surface area (Å²) in [7, 11) is 1.54. The van der Waals surface area contributed by atoms with Crippen LogP contribution in [-0.2, 0) is 0 Å². The summed E-state index contributed by atoms with van der Waals surface area (Å²) in [5.74, 6) is 2.41. The van der Waals surface area contributed by atoms with Gasteiger partial charge in [-0.2, -0.15) is 25.3 Å². The molecule has 0 spiro atoms. The van der Waals surface area contributed by atoms with Crippen molar-refractivity contribution in [2.24, 2.45) is 5.10 Å². The zero-order chi connectivity index (χ0) is 23.6. The Hall–Kier alpha value is -4.39. The molecule has 1 aromatic heterocycles. The average molecular weight is 459 g/mol. The zero-order valence-electron chi connectivity index (χ0n) is 18.9. The number of piperidine rings is 1. The number of rotatable bonds is 9. The molecule has 10 nitrogen and oxygen atoms in total. The van der Waals surface area contributed by atoms with Crippen molar-refractivity contribution in [2.75, 3.05) is 42.4 Å². The molecule has 0 amide bonds. The first-order valence-electron chi connectivity index (χ1n) is 11.0. The Morgan fingerprint density at radius 1 is 1.03 bits per heavy atom. The maximum Gasteiger partial charge on any atom is 0.250 e. The highest BCUT2D eigenvalue weighted by atomic mass is 16.5. The molecular formula is C24H26N8O2. The van der Waals surface area contributed by atoms with Crippen LogP contribution in [0.1, 0.15) is 24.8 Å². The van der Waals surface area contributed by atoms with Gasteiger partial charge in [0.05, 0.1) is 13.3 Å². The monoisotopic (exact) mass is 458 g/mol. The summed E-state index contributed by atoms with van der Waals surface area (Å²) in [6.45, 7) is 1.78. The van der Waals surface area contributed by atoms with Gasteiger partial charge >= 0.3 is 0 Å². The van der Waals surface area contributed by atoms with E-state index in [0.29, 0.717) is 29.3 Å². The number of benzene rings is 2. The van der Waals surface area contributed by atoms with Crippen molar-refractivity contribution in [3.8, 4) is 17.6 Å². The predicted molar refractivity (Wildman–Crippen MR) is 131 cm³/mol. The Bertz CT molecular complexity index is 1160. The van der Waals surface area contributed by atoms with E-state index in [1.807, 2.05) is 42.5 Å². The van der Waals surface area contributed by atoms with Crippen molar-refractivity contribution in [2.45, 2.75) is 19.3 Å². The van der Waals surface area contributed by atoms with Crippen LogP contribution in [0.2, 0.25) is 0 Å². The lowest BCUT2D eigenvalue weighted by Gasteiger charge is -2.26. The minimum Gasteiger partial charge on any atom is -0.493 e. The van der Waals surface area contributed by atoms with Crippen LogP contribution in [0.3, 0.4) is 0 Å². The van der Waals surface area contributed by atoms with Crippen molar-refractivity contribution < 1.29 is 9.47 Å². The van der Waals surface area contributed by atoms with Crippen LogP contribution in [0.4, 0.5) is 23.5 Å². The number of ether oxygens (including phenoxy) is 2. The second kappa shape index (κ2) is 11.5. The van der Waals surface area contributed by atoms with Crippen LogP contribution < -0.4 is 25.1 Å². The summed E-state index contributed by atoms with van der Waals surface area (Å²) in [4.78, 5) is 15.8. The smallest absolute Gasteiger partial charge is 0.250 e. The Morgan fingerprint density at radius 3 is 2.59 bits per heavy atom. The molecule has 34 heavy (non-hydrogen) atoms. The van der Waals surface area contributed by atoms with E-state index >= 15 is 0 Å². The Balaban J connectivity index is 1.52. The fraction of sp³-hybridized carbons (Fsp3) is 0.292. The largest absolute Gasteiger partial charge is 0.493 e. The highest BCUT2D eigenvalue weighted by Crippen LogP contribution is 2.27. The second-order valence-electron chi connectivity index (χ2n) is 7.55. The molecule has 0 saturated carbocycles. The highest BCUT2D eigenvalue weighted by Gasteiger charge is 2.16. The van der Waals surface area contributed by atoms with Crippen LogP contribution in [0.25, 0.3) is 0 Å². The van der Waals surface area contributed by atoms with Crippen molar-refractivity contribution in [3.63, 3.8) is 0 Å². The summed E-state index contributed by atoms with van der Waals surface area (Å²) >= 11 is 0. The highest BCUT2D eigenvalue weighted by molar-refractivity contribution is 5.81. The summed E-state index contributed by atoms with van der Waals surface area (Å²) in [5.41, 5.74) is 4.58. The van der Waals surface area contributed by atoms with E-state index < -0.39 is 0 Å². The maximum atomic E-state index is 8.71. The first-order valence-corrected chi connectivity index (χ1v) is 11.0. The lowest BCUT2D eigenvalue weighted by atomic mass is 10.1. The van der Waals surface area contributed by atoms with Crippen molar-refractivity contribution in [1.29, 1.82) is 5.26 Å². The van der Waals surface area contributed by atoms with Crippen LogP contribution in [0.5, 0.6) is 11.5 Å². The first kappa shape index (κ1) is 22.8. The number of hydrogen-bond donors (Lipinski definition) is 2. The molecule has 1 fully saturated rings. The number of nitriles is 1. The van der Waals surface area contributed by atoms with Gasteiger partial charge in [0.15, 0.2) is 18.1 Å². The van der Waals surface area contributed by atoms with Gasteiger partial charge in [-0.05, 0) is 55.2 Å². The summed E-state index contributed by atoms with van der Waals surface area (Å²) in [6, 6.07) is 17.0. The number of hydrazone groups is 1. The number of hydrogen-bond acceptors (Lipinski definition) is 10. The van der Waals surface area contributed by atoms with E-state index in [0.717, 1.165) is 37.2 Å². The molecular weight excluding hydrogens is 432 g/mol. The van der Waals surface area contributed by atoms with E-state index in [4.69, 9.17) is 14.7 Å². The second-order valence-corrected chi connectivity index (χ2v) is 7.55. The van der Waals surface area contributed by atoms with Gasteiger partial charge in [0.2, 0.25) is 17.8 Å². The third kappa shape index (κ3) is 6.10. The molecule has 2 N–H and O–H groups in total. The van der Waals surface area contributed by atoms with Gasteiger partial charge in [0, 0.05) is 18.8 Å². The van der Waals surface area contributed by atoms with Gasteiger partial charge in [-0.3, -0.25) is 0 Å². The van der Waals surface area contributed by atoms with Crippen LogP contribution in [-0.4, -0.2) is 48.0 Å². The van der Waals surface area contributed by atoms with E-state index in [9.17, 15) is 0 Å². The SMILES string of the molecule is COc1cc(/C=N/Nc2nc(Nc3ccccc3)nc(N3CCCCC3)n2)ccc1OCC#N. The number of aromatic nitrogens is 3. The Kier molecular flexibility index (Phi) is 7.69. The Labute approximate surface area is 198 Å². The Morgan fingerprint density at radius 2 is 1.82 bits per heavy atom. The summed E-state index contributed by atoms with van der Waals surface area (Å²) in [5, 5.41) is 16.2. The quantitative estimate of drug-likeness (QED) is 0.362. The molecule has 2 aromatic carbocycles.